The van der Waals surface area contributed by atoms with Gasteiger partial charge in [0.05, 0.1) is 11.8 Å². The summed E-state index contributed by atoms with van der Waals surface area (Å²) in [7, 11) is 0. The topological polar surface area (TPSA) is 66.4 Å². The second kappa shape index (κ2) is 6.50. The van der Waals surface area contributed by atoms with Crippen LogP contribution in [0.4, 0.5) is 5.69 Å². The van der Waals surface area contributed by atoms with Crippen LogP contribution in [-0.2, 0) is 9.59 Å². The Hall–Kier alpha value is -1.52. The lowest BCUT2D eigenvalue weighted by molar-refractivity contribution is -0.146. The van der Waals surface area contributed by atoms with Gasteiger partial charge in [-0.05, 0) is 38.0 Å². The minimum Gasteiger partial charge on any atom is -0.481 e. The number of halogens is 2. The molecule has 2 atom stereocenters. The Kier molecular flexibility index (Phi) is 4.91. The maximum Gasteiger partial charge on any atom is 0.307 e. The molecule has 1 amide bonds. The molecule has 1 aromatic rings. The van der Waals surface area contributed by atoms with E-state index in [0.29, 0.717) is 28.6 Å². The van der Waals surface area contributed by atoms with Crippen LogP contribution >= 0.6 is 23.2 Å². The number of carboxylic acid groups (broad SMARTS) is 1. The molecule has 4 nitrogen and oxygen atoms in total. The summed E-state index contributed by atoms with van der Waals surface area (Å²) in [5.74, 6) is -2.58. The molecule has 6 heteroatoms. The lowest BCUT2D eigenvalue weighted by Gasteiger charge is -2.26. The van der Waals surface area contributed by atoms with Gasteiger partial charge in [-0.15, -0.1) is 0 Å². The standard InChI is InChI=1S/C15H15Cl2NO3/c1-8-2-3-12(13(4-8)15(20)21)14(19)18-11-6-9(16)5-10(17)7-11/h2,5-7,12-13H,3-4H2,1H3,(H,18,19)(H,20,21)/t12-,13+/m0/s1. The van der Waals surface area contributed by atoms with Crippen LogP contribution in [0.2, 0.25) is 10.0 Å². The average Bonchev–Trinajstić information content (AvgIpc) is 2.36. The third-order valence-corrected chi connectivity index (χ3v) is 3.97. The maximum atomic E-state index is 12.3. The van der Waals surface area contributed by atoms with E-state index in [0.717, 1.165) is 5.57 Å². The number of benzene rings is 1. The van der Waals surface area contributed by atoms with Crippen molar-refractivity contribution >= 4 is 40.8 Å². The Morgan fingerprint density at radius 2 is 1.81 bits per heavy atom. The van der Waals surface area contributed by atoms with Gasteiger partial charge in [0.25, 0.3) is 0 Å². The summed E-state index contributed by atoms with van der Waals surface area (Å²) in [5.41, 5.74) is 1.46. The minimum absolute atomic E-state index is 0.329. The summed E-state index contributed by atoms with van der Waals surface area (Å²) in [6.07, 6.45) is 2.72. The van der Waals surface area contributed by atoms with Crippen LogP contribution in [0.15, 0.2) is 29.8 Å². The number of hydrogen-bond acceptors (Lipinski definition) is 2. The van der Waals surface area contributed by atoms with E-state index in [1.165, 1.54) is 0 Å². The lowest BCUT2D eigenvalue weighted by Crippen LogP contribution is -2.35. The zero-order valence-electron chi connectivity index (χ0n) is 11.4. The zero-order valence-corrected chi connectivity index (χ0v) is 12.9. The first-order valence-electron chi connectivity index (χ1n) is 6.52. The number of rotatable bonds is 3. The van der Waals surface area contributed by atoms with E-state index in [1.54, 1.807) is 18.2 Å². The zero-order chi connectivity index (χ0) is 15.6. The van der Waals surface area contributed by atoms with Crippen LogP contribution in [0.3, 0.4) is 0 Å². The van der Waals surface area contributed by atoms with Gasteiger partial charge in [0.15, 0.2) is 0 Å². The first-order valence-corrected chi connectivity index (χ1v) is 7.28. The van der Waals surface area contributed by atoms with E-state index in [2.05, 4.69) is 5.32 Å². The van der Waals surface area contributed by atoms with Gasteiger partial charge in [0.2, 0.25) is 5.91 Å². The molecule has 112 valence electrons. The van der Waals surface area contributed by atoms with Crippen LogP contribution in [0.25, 0.3) is 0 Å². The van der Waals surface area contributed by atoms with Gasteiger partial charge in [-0.25, -0.2) is 0 Å². The molecular formula is C15H15Cl2NO3. The van der Waals surface area contributed by atoms with E-state index in [-0.39, 0.29) is 5.91 Å². The van der Waals surface area contributed by atoms with E-state index in [9.17, 15) is 14.7 Å². The second-order valence-electron chi connectivity index (χ2n) is 5.19. The highest BCUT2D eigenvalue weighted by molar-refractivity contribution is 6.35. The fourth-order valence-electron chi connectivity index (χ4n) is 2.48. The molecule has 0 spiro atoms. The Bertz CT molecular complexity index is 593. The predicted octanol–water partition coefficient (Wildman–Crippen LogP) is 3.99. The molecule has 0 bridgehead atoms. The Labute approximate surface area is 132 Å². The monoisotopic (exact) mass is 327 g/mol. The van der Waals surface area contributed by atoms with Crippen LogP contribution < -0.4 is 5.32 Å². The van der Waals surface area contributed by atoms with Crippen molar-refractivity contribution in [2.45, 2.75) is 19.8 Å². The van der Waals surface area contributed by atoms with Crippen molar-refractivity contribution in [2.75, 3.05) is 5.32 Å². The molecule has 0 unspecified atom stereocenters. The molecule has 0 radical (unpaired) electrons. The van der Waals surface area contributed by atoms with Crippen molar-refractivity contribution in [2.24, 2.45) is 11.8 Å². The van der Waals surface area contributed by atoms with Gasteiger partial charge in [-0.1, -0.05) is 34.9 Å². The number of carbonyl (C=O) groups is 2. The molecule has 0 saturated carbocycles. The predicted molar refractivity (Wildman–Crippen MR) is 82.7 cm³/mol. The highest BCUT2D eigenvalue weighted by Crippen LogP contribution is 2.31. The molecule has 0 fully saturated rings. The lowest BCUT2D eigenvalue weighted by atomic mass is 9.79. The molecule has 0 saturated heterocycles. The first kappa shape index (κ1) is 15.9. The number of amides is 1. The number of carbonyl (C=O) groups excluding carboxylic acids is 1. The van der Waals surface area contributed by atoms with Gasteiger partial charge < -0.3 is 10.4 Å². The maximum absolute atomic E-state index is 12.3. The summed E-state index contributed by atoms with van der Waals surface area (Å²) in [6, 6.07) is 4.71. The molecule has 1 aliphatic rings. The van der Waals surface area contributed by atoms with Crippen molar-refractivity contribution in [1.82, 2.24) is 0 Å². The quantitative estimate of drug-likeness (QED) is 0.825. The van der Waals surface area contributed by atoms with Gasteiger partial charge in [-0.2, -0.15) is 0 Å². The normalized spacial score (nSPS) is 21.6. The van der Waals surface area contributed by atoms with Gasteiger partial charge in [0.1, 0.15) is 0 Å². The molecule has 0 heterocycles. The number of aliphatic carboxylic acids is 1. The summed E-state index contributed by atoms with van der Waals surface area (Å²) in [5, 5.41) is 12.8. The average molecular weight is 328 g/mol. The fourth-order valence-corrected chi connectivity index (χ4v) is 3.00. The summed E-state index contributed by atoms with van der Waals surface area (Å²) in [6.45, 7) is 1.88. The van der Waals surface area contributed by atoms with E-state index >= 15 is 0 Å². The number of allylic oxidation sites excluding steroid dienone is 2. The molecule has 0 aliphatic heterocycles. The van der Waals surface area contributed by atoms with Crippen molar-refractivity contribution in [3.8, 4) is 0 Å². The van der Waals surface area contributed by atoms with E-state index in [1.807, 2.05) is 13.0 Å². The number of anilines is 1. The number of nitrogens with one attached hydrogen (secondary N) is 1. The van der Waals surface area contributed by atoms with Crippen LogP contribution in [-0.4, -0.2) is 17.0 Å². The molecule has 2 rings (SSSR count). The van der Waals surface area contributed by atoms with Crippen LogP contribution in [0, 0.1) is 11.8 Å². The fraction of sp³-hybridized carbons (Fsp3) is 0.333. The van der Waals surface area contributed by atoms with Crippen LogP contribution in [0.5, 0.6) is 0 Å². The SMILES string of the molecule is CC1=CC[C@H](C(=O)Nc2cc(Cl)cc(Cl)c2)[C@H](C(=O)O)C1. The highest BCUT2D eigenvalue weighted by Gasteiger charge is 2.35. The van der Waals surface area contributed by atoms with E-state index in [4.69, 9.17) is 23.2 Å². The molecule has 0 aromatic heterocycles. The summed E-state index contributed by atoms with van der Waals surface area (Å²) >= 11 is 11.8. The number of carboxylic acids is 1. The highest BCUT2D eigenvalue weighted by atomic mass is 35.5. The minimum atomic E-state index is -0.952. The van der Waals surface area contributed by atoms with Crippen LogP contribution in [0.1, 0.15) is 19.8 Å². The molecule has 2 N–H and O–H groups in total. The Balaban J connectivity index is 2.16. The van der Waals surface area contributed by atoms with Crippen molar-refractivity contribution < 1.29 is 14.7 Å². The Morgan fingerprint density at radius 1 is 1.19 bits per heavy atom. The summed E-state index contributed by atoms with van der Waals surface area (Å²) < 4.78 is 0. The summed E-state index contributed by atoms with van der Waals surface area (Å²) in [4.78, 5) is 23.6. The van der Waals surface area contributed by atoms with E-state index < -0.39 is 17.8 Å². The van der Waals surface area contributed by atoms with Crippen molar-refractivity contribution in [3.63, 3.8) is 0 Å². The first-order chi connectivity index (χ1) is 9.86. The van der Waals surface area contributed by atoms with Crippen molar-refractivity contribution in [3.05, 3.63) is 39.9 Å². The van der Waals surface area contributed by atoms with Crippen molar-refractivity contribution in [1.29, 1.82) is 0 Å². The molecule has 21 heavy (non-hydrogen) atoms. The molecule has 1 aromatic carbocycles. The van der Waals surface area contributed by atoms with Gasteiger partial charge in [-0.3, -0.25) is 9.59 Å². The number of hydrogen-bond donors (Lipinski definition) is 2. The third-order valence-electron chi connectivity index (χ3n) is 3.53. The molecular weight excluding hydrogens is 313 g/mol. The third kappa shape index (κ3) is 3.99. The van der Waals surface area contributed by atoms with Gasteiger partial charge >= 0.3 is 5.97 Å². The van der Waals surface area contributed by atoms with Gasteiger partial charge in [0, 0.05) is 15.7 Å². The molecule has 1 aliphatic carbocycles. The largest absolute Gasteiger partial charge is 0.481 e. The Morgan fingerprint density at radius 3 is 2.38 bits per heavy atom. The second-order valence-corrected chi connectivity index (χ2v) is 6.06. The smallest absolute Gasteiger partial charge is 0.307 e.